The number of morpholine rings is 1. The number of rotatable bonds is 5. The molecule has 0 spiro atoms. The molecule has 134 valence electrons. The lowest BCUT2D eigenvalue weighted by Crippen LogP contribution is -2.39. The maximum Gasteiger partial charge on any atom is 0.226 e. The van der Waals surface area contributed by atoms with Crippen molar-refractivity contribution in [2.45, 2.75) is 13.0 Å². The van der Waals surface area contributed by atoms with Gasteiger partial charge in [0.2, 0.25) is 5.89 Å². The topological polar surface area (TPSA) is 41.7 Å². The Hall–Kier alpha value is -1.76. The molecule has 0 radical (unpaired) electrons. The van der Waals surface area contributed by atoms with Crippen molar-refractivity contribution >= 4 is 0 Å². The van der Waals surface area contributed by atoms with Crippen LogP contribution in [0, 0.1) is 11.7 Å². The normalized spacial score (nSPS) is 22.5. The molecule has 1 aromatic carbocycles. The van der Waals surface area contributed by atoms with Crippen molar-refractivity contribution in [1.29, 1.82) is 0 Å². The van der Waals surface area contributed by atoms with Crippen LogP contribution in [0.2, 0.25) is 0 Å². The van der Waals surface area contributed by atoms with Crippen molar-refractivity contribution in [3.8, 4) is 11.5 Å². The molecular formula is C19H24FN3O2. The van der Waals surface area contributed by atoms with E-state index in [1.54, 1.807) is 12.3 Å². The summed E-state index contributed by atoms with van der Waals surface area (Å²) < 4.78 is 24.3. The molecule has 6 heteroatoms. The molecule has 1 unspecified atom stereocenters. The van der Waals surface area contributed by atoms with Gasteiger partial charge in [0, 0.05) is 38.3 Å². The Kier molecular flexibility index (Phi) is 5.10. The van der Waals surface area contributed by atoms with Crippen LogP contribution < -0.4 is 0 Å². The van der Waals surface area contributed by atoms with Gasteiger partial charge in [0.15, 0.2) is 0 Å². The molecule has 2 fully saturated rings. The van der Waals surface area contributed by atoms with Crippen LogP contribution in [0.25, 0.3) is 11.5 Å². The number of nitrogens with zero attached hydrogens (tertiary/aromatic N) is 3. The highest BCUT2D eigenvalue weighted by atomic mass is 19.1. The number of hydrogen-bond donors (Lipinski definition) is 0. The number of benzene rings is 1. The lowest BCUT2D eigenvalue weighted by Gasteiger charge is -2.29. The van der Waals surface area contributed by atoms with Gasteiger partial charge in [0.1, 0.15) is 12.1 Å². The molecule has 2 aliphatic heterocycles. The molecule has 2 aromatic rings. The molecule has 1 aromatic heterocycles. The Balaban J connectivity index is 1.31. The van der Waals surface area contributed by atoms with E-state index in [1.807, 2.05) is 6.07 Å². The third-order valence-electron chi connectivity index (χ3n) is 5.00. The lowest BCUT2D eigenvalue weighted by atomic mass is 10.1. The molecule has 5 nitrogen and oxygen atoms in total. The van der Waals surface area contributed by atoms with Crippen LogP contribution in [0.5, 0.6) is 0 Å². The summed E-state index contributed by atoms with van der Waals surface area (Å²) in [5.41, 5.74) is 1.59. The maximum atomic E-state index is 13.3. The van der Waals surface area contributed by atoms with Crippen molar-refractivity contribution in [2.75, 3.05) is 45.9 Å². The first-order chi connectivity index (χ1) is 12.3. The number of likely N-dealkylation sites (tertiary alicyclic amines) is 1. The Bertz CT molecular complexity index is 699. The van der Waals surface area contributed by atoms with Gasteiger partial charge in [-0.05, 0) is 37.1 Å². The van der Waals surface area contributed by atoms with Crippen LogP contribution in [0.4, 0.5) is 4.39 Å². The van der Waals surface area contributed by atoms with E-state index in [2.05, 4.69) is 14.8 Å². The second-order valence-corrected chi connectivity index (χ2v) is 6.96. The van der Waals surface area contributed by atoms with Gasteiger partial charge in [-0.1, -0.05) is 6.07 Å². The summed E-state index contributed by atoms with van der Waals surface area (Å²) in [7, 11) is 0. The highest BCUT2D eigenvalue weighted by Crippen LogP contribution is 2.23. The minimum absolute atomic E-state index is 0.275. The fourth-order valence-electron chi connectivity index (χ4n) is 3.72. The summed E-state index contributed by atoms with van der Waals surface area (Å²) in [6, 6.07) is 6.36. The first-order valence-corrected chi connectivity index (χ1v) is 8.99. The SMILES string of the molecule is Fc1cccc(-c2nc(CN3CCC(CN4CCOCC4)C3)co2)c1. The second-order valence-electron chi connectivity index (χ2n) is 6.96. The van der Waals surface area contributed by atoms with E-state index in [0.717, 1.165) is 58.2 Å². The minimum atomic E-state index is -0.275. The third kappa shape index (κ3) is 4.26. The van der Waals surface area contributed by atoms with Crippen LogP contribution >= 0.6 is 0 Å². The summed E-state index contributed by atoms with van der Waals surface area (Å²) in [5.74, 6) is 0.925. The van der Waals surface area contributed by atoms with E-state index in [-0.39, 0.29) is 5.82 Å². The van der Waals surface area contributed by atoms with E-state index in [0.29, 0.717) is 17.4 Å². The Morgan fingerprint density at radius 2 is 2.04 bits per heavy atom. The first-order valence-electron chi connectivity index (χ1n) is 8.99. The average molecular weight is 345 g/mol. The number of halogens is 1. The van der Waals surface area contributed by atoms with Crippen molar-refractivity contribution < 1.29 is 13.5 Å². The van der Waals surface area contributed by atoms with E-state index in [1.165, 1.54) is 18.6 Å². The van der Waals surface area contributed by atoms with Crippen LogP contribution in [-0.4, -0.2) is 60.7 Å². The number of ether oxygens (including phenoxy) is 1. The molecule has 0 amide bonds. The zero-order valence-electron chi connectivity index (χ0n) is 14.4. The van der Waals surface area contributed by atoms with Gasteiger partial charge in [0.05, 0.1) is 18.9 Å². The number of oxazole rings is 1. The molecule has 25 heavy (non-hydrogen) atoms. The van der Waals surface area contributed by atoms with Gasteiger partial charge < -0.3 is 9.15 Å². The smallest absolute Gasteiger partial charge is 0.226 e. The molecule has 1 atom stereocenters. The van der Waals surface area contributed by atoms with Gasteiger partial charge >= 0.3 is 0 Å². The van der Waals surface area contributed by atoms with Crippen LogP contribution in [0.1, 0.15) is 12.1 Å². The summed E-state index contributed by atoms with van der Waals surface area (Å²) in [6.07, 6.45) is 2.92. The van der Waals surface area contributed by atoms with Gasteiger partial charge in [-0.3, -0.25) is 9.80 Å². The molecule has 0 aliphatic carbocycles. The fourth-order valence-corrected chi connectivity index (χ4v) is 3.72. The molecule has 0 N–H and O–H groups in total. The monoisotopic (exact) mass is 345 g/mol. The zero-order valence-corrected chi connectivity index (χ0v) is 14.4. The van der Waals surface area contributed by atoms with Crippen molar-refractivity contribution in [1.82, 2.24) is 14.8 Å². The maximum absolute atomic E-state index is 13.3. The zero-order chi connectivity index (χ0) is 17.1. The standard InChI is InChI=1S/C19H24FN3O2/c20-17-3-1-2-16(10-17)19-21-18(14-25-19)13-23-5-4-15(12-23)11-22-6-8-24-9-7-22/h1-3,10,14-15H,4-9,11-13H2. The first kappa shape index (κ1) is 16.7. The molecule has 4 rings (SSSR count). The summed E-state index contributed by atoms with van der Waals surface area (Å²) >= 11 is 0. The Morgan fingerprint density at radius 1 is 1.16 bits per heavy atom. The van der Waals surface area contributed by atoms with E-state index in [9.17, 15) is 4.39 Å². The predicted molar refractivity (Wildman–Crippen MR) is 92.5 cm³/mol. The van der Waals surface area contributed by atoms with Gasteiger partial charge in [-0.2, -0.15) is 0 Å². The van der Waals surface area contributed by atoms with Gasteiger partial charge in [-0.15, -0.1) is 0 Å². The predicted octanol–water partition coefficient (Wildman–Crippen LogP) is 2.63. The molecule has 2 saturated heterocycles. The van der Waals surface area contributed by atoms with Crippen LogP contribution in [-0.2, 0) is 11.3 Å². The molecule has 2 aliphatic rings. The van der Waals surface area contributed by atoms with Crippen molar-refractivity contribution in [3.05, 3.63) is 42.0 Å². The van der Waals surface area contributed by atoms with E-state index >= 15 is 0 Å². The van der Waals surface area contributed by atoms with Crippen molar-refractivity contribution in [3.63, 3.8) is 0 Å². The molecular weight excluding hydrogens is 321 g/mol. The van der Waals surface area contributed by atoms with Crippen LogP contribution in [0.15, 0.2) is 34.9 Å². The van der Waals surface area contributed by atoms with E-state index in [4.69, 9.17) is 9.15 Å². The summed E-state index contributed by atoms with van der Waals surface area (Å²) in [5, 5.41) is 0. The fraction of sp³-hybridized carbons (Fsp3) is 0.526. The van der Waals surface area contributed by atoms with Gasteiger partial charge in [-0.25, -0.2) is 9.37 Å². The summed E-state index contributed by atoms with van der Waals surface area (Å²) in [4.78, 5) is 9.46. The molecule has 0 saturated carbocycles. The van der Waals surface area contributed by atoms with E-state index < -0.39 is 0 Å². The minimum Gasteiger partial charge on any atom is -0.444 e. The van der Waals surface area contributed by atoms with Crippen LogP contribution in [0.3, 0.4) is 0 Å². The highest BCUT2D eigenvalue weighted by molar-refractivity contribution is 5.52. The van der Waals surface area contributed by atoms with Crippen molar-refractivity contribution in [2.24, 2.45) is 5.92 Å². The summed E-state index contributed by atoms with van der Waals surface area (Å²) in [6.45, 7) is 7.96. The van der Waals surface area contributed by atoms with Gasteiger partial charge in [0.25, 0.3) is 0 Å². The largest absolute Gasteiger partial charge is 0.444 e. The number of hydrogen-bond acceptors (Lipinski definition) is 5. The quantitative estimate of drug-likeness (QED) is 0.833. The highest BCUT2D eigenvalue weighted by Gasteiger charge is 2.25. The number of aromatic nitrogens is 1. The Labute approximate surface area is 147 Å². The molecule has 3 heterocycles. The second kappa shape index (κ2) is 7.64. The third-order valence-corrected chi connectivity index (χ3v) is 5.00. The Morgan fingerprint density at radius 3 is 2.88 bits per heavy atom. The average Bonchev–Trinajstić information content (AvgIpc) is 3.26. The lowest BCUT2D eigenvalue weighted by molar-refractivity contribution is 0.0311. The molecule has 0 bridgehead atoms.